The zero-order valence-corrected chi connectivity index (χ0v) is 9.17. The fourth-order valence-corrected chi connectivity index (χ4v) is 1.02. The third-order valence-corrected chi connectivity index (χ3v) is 1.89. The summed E-state index contributed by atoms with van der Waals surface area (Å²) in [5.74, 6) is -0.660. The van der Waals surface area contributed by atoms with Gasteiger partial charge in [0.1, 0.15) is 6.10 Å². The van der Waals surface area contributed by atoms with Gasteiger partial charge >= 0.3 is 11.9 Å². The molecular weight excluding hydrogens is 208 g/mol. The Morgan fingerprint density at radius 1 is 1.36 bits per heavy atom. The van der Waals surface area contributed by atoms with Crippen molar-refractivity contribution in [3.8, 4) is 0 Å². The number of rotatable bonds is 6. The number of carbonyl (C=O) groups is 2. The Balaban J connectivity index is 3.89. The number of alkyl halides is 1. The van der Waals surface area contributed by atoms with E-state index in [9.17, 15) is 9.59 Å². The Kier molecular flexibility index (Phi) is 7.20. The topological polar surface area (TPSA) is 52.6 Å². The van der Waals surface area contributed by atoms with Crippen LogP contribution < -0.4 is 0 Å². The summed E-state index contributed by atoms with van der Waals surface area (Å²) in [5, 5.41) is 0. The van der Waals surface area contributed by atoms with Crippen molar-refractivity contribution in [3.63, 3.8) is 0 Å². The van der Waals surface area contributed by atoms with Crippen molar-refractivity contribution >= 4 is 23.5 Å². The molecule has 0 heterocycles. The predicted molar refractivity (Wildman–Crippen MR) is 52.1 cm³/mol. The number of carbonyl (C=O) groups excluding carboxylic acids is 2. The first-order valence-electron chi connectivity index (χ1n) is 4.46. The number of esters is 2. The van der Waals surface area contributed by atoms with Crippen LogP contribution in [-0.2, 0) is 19.1 Å². The first kappa shape index (κ1) is 13.2. The lowest BCUT2D eigenvalue weighted by Crippen LogP contribution is -2.23. The Morgan fingerprint density at radius 2 is 2.00 bits per heavy atom. The fraction of sp³-hybridized carbons (Fsp3) is 0.778. The molecule has 0 aromatic heterocycles. The maximum atomic E-state index is 11.0. The van der Waals surface area contributed by atoms with E-state index >= 15 is 0 Å². The van der Waals surface area contributed by atoms with Crippen molar-refractivity contribution in [2.24, 2.45) is 0 Å². The largest absolute Gasteiger partial charge is 0.469 e. The molecular formula is C9H15ClO4. The van der Waals surface area contributed by atoms with Crippen LogP contribution in [-0.4, -0.2) is 31.0 Å². The van der Waals surface area contributed by atoms with Crippen molar-refractivity contribution in [3.05, 3.63) is 0 Å². The average Bonchev–Trinajstić information content (AvgIpc) is 2.16. The molecule has 0 aliphatic carbocycles. The summed E-state index contributed by atoms with van der Waals surface area (Å²) >= 11 is 5.53. The normalized spacial score (nSPS) is 11.9. The number of hydrogen-bond donors (Lipinski definition) is 0. The van der Waals surface area contributed by atoms with Crippen molar-refractivity contribution in [2.75, 3.05) is 13.0 Å². The van der Waals surface area contributed by atoms with Crippen LogP contribution in [0.2, 0.25) is 0 Å². The van der Waals surface area contributed by atoms with E-state index in [1.54, 1.807) is 0 Å². The van der Waals surface area contributed by atoms with E-state index in [4.69, 9.17) is 16.3 Å². The van der Waals surface area contributed by atoms with Crippen LogP contribution in [0.4, 0.5) is 0 Å². The number of methoxy groups -OCH3 is 1. The summed E-state index contributed by atoms with van der Waals surface area (Å²) in [6.45, 7) is 1.87. The SMILES string of the molecule is CCCC(=O)OC(CCl)CC(=O)OC. The zero-order valence-electron chi connectivity index (χ0n) is 8.42. The van der Waals surface area contributed by atoms with Crippen molar-refractivity contribution in [1.29, 1.82) is 0 Å². The first-order valence-corrected chi connectivity index (χ1v) is 4.99. The second-order valence-corrected chi connectivity index (χ2v) is 3.11. The summed E-state index contributed by atoms with van der Waals surface area (Å²) in [5.41, 5.74) is 0. The van der Waals surface area contributed by atoms with Crippen LogP contribution in [0.15, 0.2) is 0 Å². The van der Waals surface area contributed by atoms with Gasteiger partial charge in [-0.2, -0.15) is 0 Å². The summed E-state index contributed by atoms with van der Waals surface area (Å²) in [7, 11) is 1.28. The van der Waals surface area contributed by atoms with Crippen molar-refractivity contribution in [2.45, 2.75) is 32.3 Å². The molecule has 0 aliphatic rings. The minimum Gasteiger partial charge on any atom is -0.469 e. The fourth-order valence-electron chi connectivity index (χ4n) is 0.846. The highest BCUT2D eigenvalue weighted by molar-refractivity contribution is 6.18. The van der Waals surface area contributed by atoms with Gasteiger partial charge in [-0.1, -0.05) is 6.92 Å². The van der Waals surface area contributed by atoms with Crippen LogP contribution in [0, 0.1) is 0 Å². The zero-order chi connectivity index (χ0) is 11.0. The number of hydrogen-bond acceptors (Lipinski definition) is 4. The van der Waals surface area contributed by atoms with Crippen molar-refractivity contribution < 1.29 is 19.1 Å². The molecule has 0 amide bonds. The quantitative estimate of drug-likeness (QED) is 0.505. The Morgan fingerprint density at radius 3 is 2.43 bits per heavy atom. The molecule has 0 fully saturated rings. The van der Waals surface area contributed by atoms with Gasteiger partial charge in [-0.25, -0.2) is 0 Å². The Bertz CT molecular complexity index is 193. The minimum atomic E-state index is -0.580. The summed E-state index contributed by atoms with van der Waals surface area (Å²) in [4.78, 5) is 21.9. The van der Waals surface area contributed by atoms with Gasteiger partial charge in [0, 0.05) is 6.42 Å². The van der Waals surface area contributed by atoms with Crippen molar-refractivity contribution in [1.82, 2.24) is 0 Å². The molecule has 0 saturated heterocycles. The Labute approximate surface area is 88.5 Å². The number of ether oxygens (including phenoxy) is 2. The molecule has 5 heteroatoms. The van der Waals surface area contributed by atoms with E-state index in [1.807, 2.05) is 6.92 Å². The van der Waals surface area contributed by atoms with E-state index in [0.29, 0.717) is 12.8 Å². The molecule has 0 N–H and O–H groups in total. The Hall–Kier alpha value is -0.770. The van der Waals surface area contributed by atoms with Crippen LogP contribution in [0.5, 0.6) is 0 Å². The van der Waals surface area contributed by atoms with E-state index < -0.39 is 12.1 Å². The molecule has 1 atom stereocenters. The molecule has 4 nitrogen and oxygen atoms in total. The predicted octanol–water partition coefficient (Wildman–Crippen LogP) is 1.50. The third-order valence-electron chi connectivity index (χ3n) is 1.55. The molecule has 0 radical (unpaired) electrons. The lowest BCUT2D eigenvalue weighted by Gasteiger charge is -2.13. The molecule has 0 aromatic carbocycles. The van der Waals surface area contributed by atoms with Crippen LogP contribution in [0.3, 0.4) is 0 Å². The van der Waals surface area contributed by atoms with Gasteiger partial charge in [0.05, 0.1) is 19.4 Å². The standard InChI is InChI=1S/C9H15ClO4/c1-3-4-8(11)14-7(6-10)5-9(12)13-2/h7H,3-6H2,1-2H3. The van der Waals surface area contributed by atoms with Gasteiger partial charge in [-0.3, -0.25) is 9.59 Å². The van der Waals surface area contributed by atoms with Gasteiger partial charge in [0.25, 0.3) is 0 Å². The molecule has 1 unspecified atom stereocenters. The molecule has 0 spiro atoms. The third kappa shape index (κ3) is 5.80. The summed E-state index contributed by atoms with van der Waals surface area (Å²) in [6.07, 6.45) is 0.485. The first-order chi connectivity index (χ1) is 6.63. The molecule has 0 rings (SSSR count). The van der Waals surface area contributed by atoms with Crippen LogP contribution >= 0.6 is 11.6 Å². The van der Waals surface area contributed by atoms with E-state index in [-0.39, 0.29) is 18.3 Å². The molecule has 14 heavy (non-hydrogen) atoms. The van der Waals surface area contributed by atoms with Crippen LogP contribution in [0.25, 0.3) is 0 Å². The minimum absolute atomic E-state index is 0.00938. The molecule has 0 aromatic rings. The second-order valence-electron chi connectivity index (χ2n) is 2.80. The van der Waals surface area contributed by atoms with Crippen LogP contribution in [0.1, 0.15) is 26.2 Å². The van der Waals surface area contributed by atoms with Gasteiger partial charge in [0.15, 0.2) is 0 Å². The molecule has 0 aliphatic heterocycles. The summed E-state index contributed by atoms with van der Waals surface area (Å²) < 4.78 is 9.38. The molecule has 82 valence electrons. The average molecular weight is 223 g/mol. The van der Waals surface area contributed by atoms with Gasteiger partial charge in [-0.15, -0.1) is 11.6 Å². The maximum absolute atomic E-state index is 11.0. The highest BCUT2D eigenvalue weighted by Crippen LogP contribution is 2.05. The van der Waals surface area contributed by atoms with Gasteiger partial charge in [0.2, 0.25) is 0 Å². The van der Waals surface area contributed by atoms with E-state index in [1.165, 1.54) is 7.11 Å². The highest BCUT2D eigenvalue weighted by atomic mass is 35.5. The van der Waals surface area contributed by atoms with E-state index in [2.05, 4.69) is 4.74 Å². The lowest BCUT2D eigenvalue weighted by molar-refractivity contribution is -0.152. The smallest absolute Gasteiger partial charge is 0.309 e. The number of halogens is 1. The highest BCUT2D eigenvalue weighted by Gasteiger charge is 2.17. The van der Waals surface area contributed by atoms with Gasteiger partial charge in [-0.05, 0) is 6.42 Å². The van der Waals surface area contributed by atoms with Gasteiger partial charge < -0.3 is 9.47 Å². The lowest BCUT2D eigenvalue weighted by atomic mass is 10.3. The maximum Gasteiger partial charge on any atom is 0.309 e. The van der Waals surface area contributed by atoms with E-state index in [0.717, 1.165) is 0 Å². The molecule has 0 saturated carbocycles. The summed E-state index contributed by atoms with van der Waals surface area (Å²) in [6, 6.07) is 0. The second kappa shape index (κ2) is 7.62. The monoisotopic (exact) mass is 222 g/mol. The molecule has 0 bridgehead atoms.